The predicted molar refractivity (Wildman–Crippen MR) is 94.5 cm³/mol. The summed E-state index contributed by atoms with van der Waals surface area (Å²) in [4.78, 5) is 0. The highest BCUT2D eigenvalue weighted by Crippen LogP contribution is 2.20. The molecule has 3 heterocycles. The van der Waals surface area contributed by atoms with E-state index >= 15 is 0 Å². The molecular weight excluding hydrogens is 322 g/mol. The summed E-state index contributed by atoms with van der Waals surface area (Å²) in [6.45, 7) is 1.21. The van der Waals surface area contributed by atoms with Crippen molar-refractivity contribution in [2.75, 3.05) is 18.5 Å². The van der Waals surface area contributed by atoms with E-state index in [9.17, 15) is 0 Å². The molecular formula is C17H15N5OS. The van der Waals surface area contributed by atoms with Gasteiger partial charge in [0.1, 0.15) is 18.2 Å². The number of nitrogens with one attached hydrogen (secondary N) is 1. The van der Waals surface area contributed by atoms with Crippen molar-refractivity contribution in [1.29, 1.82) is 0 Å². The van der Waals surface area contributed by atoms with Crippen molar-refractivity contribution in [2.45, 2.75) is 0 Å². The number of benzene rings is 1. The highest BCUT2D eigenvalue weighted by Gasteiger charge is 2.10. The van der Waals surface area contributed by atoms with Crippen molar-refractivity contribution in [3.63, 3.8) is 0 Å². The second kappa shape index (κ2) is 6.67. The number of ether oxygens (including phenoxy) is 1. The van der Waals surface area contributed by atoms with Crippen molar-refractivity contribution in [1.82, 2.24) is 19.8 Å². The van der Waals surface area contributed by atoms with Gasteiger partial charge in [0.05, 0.1) is 6.54 Å². The first-order valence-electron chi connectivity index (χ1n) is 7.57. The Labute approximate surface area is 142 Å². The van der Waals surface area contributed by atoms with Gasteiger partial charge in [0, 0.05) is 10.9 Å². The Morgan fingerprint density at radius 1 is 1.04 bits per heavy atom. The Morgan fingerprint density at radius 2 is 1.96 bits per heavy atom. The quantitative estimate of drug-likeness (QED) is 0.547. The Hall–Kier alpha value is -2.93. The van der Waals surface area contributed by atoms with Gasteiger partial charge >= 0.3 is 0 Å². The third kappa shape index (κ3) is 3.07. The molecule has 1 N–H and O–H groups in total. The van der Waals surface area contributed by atoms with Crippen LogP contribution in [-0.4, -0.2) is 33.0 Å². The summed E-state index contributed by atoms with van der Waals surface area (Å²) in [5.41, 5.74) is 1.74. The largest absolute Gasteiger partial charge is 0.492 e. The average Bonchev–Trinajstić information content (AvgIpc) is 3.28. The highest BCUT2D eigenvalue weighted by molar-refractivity contribution is 7.08. The maximum Gasteiger partial charge on any atom is 0.186 e. The smallest absolute Gasteiger partial charge is 0.186 e. The van der Waals surface area contributed by atoms with Crippen molar-refractivity contribution in [3.8, 4) is 17.1 Å². The molecule has 4 rings (SSSR count). The second-order valence-corrected chi connectivity index (χ2v) is 5.89. The third-order valence-corrected chi connectivity index (χ3v) is 4.15. The summed E-state index contributed by atoms with van der Waals surface area (Å²) in [6.07, 6.45) is 0. The molecule has 3 aromatic heterocycles. The molecule has 0 aliphatic heterocycles. The Kier molecular flexibility index (Phi) is 4.07. The summed E-state index contributed by atoms with van der Waals surface area (Å²) >= 11 is 1.62. The number of anilines is 1. The molecule has 0 atom stereocenters. The van der Waals surface area contributed by atoms with Gasteiger partial charge in [-0.25, -0.2) is 0 Å². The minimum absolute atomic E-state index is 0.559. The minimum Gasteiger partial charge on any atom is -0.492 e. The van der Waals surface area contributed by atoms with Gasteiger partial charge in [-0.3, -0.25) is 0 Å². The van der Waals surface area contributed by atoms with E-state index in [1.807, 2.05) is 59.3 Å². The molecule has 0 fully saturated rings. The zero-order valence-electron chi connectivity index (χ0n) is 12.8. The van der Waals surface area contributed by atoms with E-state index in [1.54, 1.807) is 15.9 Å². The van der Waals surface area contributed by atoms with E-state index in [0.29, 0.717) is 13.2 Å². The molecule has 0 spiro atoms. The first-order chi connectivity index (χ1) is 11.9. The topological polar surface area (TPSA) is 64.3 Å². The van der Waals surface area contributed by atoms with Crippen LogP contribution in [0.2, 0.25) is 0 Å². The van der Waals surface area contributed by atoms with Gasteiger partial charge < -0.3 is 10.1 Å². The van der Waals surface area contributed by atoms with Gasteiger partial charge in [-0.05, 0) is 35.7 Å². The average molecular weight is 337 g/mol. The molecule has 0 unspecified atom stereocenters. The van der Waals surface area contributed by atoms with E-state index in [4.69, 9.17) is 4.74 Å². The van der Waals surface area contributed by atoms with Crippen molar-refractivity contribution >= 4 is 22.8 Å². The van der Waals surface area contributed by atoms with Crippen LogP contribution in [0.3, 0.4) is 0 Å². The van der Waals surface area contributed by atoms with Crippen LogP contribution in [-0.2, 0) is 0 Å². The van der Waals surface area contributed by atoms with E-state index in [-0.39, 0.29) is 0 Å². The third-order valence-electron chi connectivity index (χ3n) is 3.46. The van der Waals surface area contributed by atoms with Crippen LogP contribution in [0.25, 0.3) is 17.0 Å². The second-order valence-electron chi connectivity index (χ2n) is 5.11. The highest BCUT2D eigenvalue weighted by atomic mass is 32.1. The lowest BCUT2D eigenvalue weighted by Gasteiger charge is -2.08. The van der Waals surface area contributed by atoms with Gasteiger partial charge in [-0.15, -0.1) is 15.3 Å². The van der Waals surface area contributed by atoms with E-state index in [2.05, 4.69) is 20.6 Å². The van der Waals surface area contributed by atoms with Gasteiger partial charge in [-0.2, -0.15) is 15.9 Å². The Balaban J connectivity index is 1.44. The molecule has 0 bridgehead atoms. The maximum absolute atomic E-state index is 5.66. The van der Waals surface area contributed by atoms with Crippen molar-refractivity contribution in [2.24, 2.45) is 0 Å². The molecule has 1 aromatic carbocycles. The summed E-state index contributed by atoms with van der Waals surface area (Å²) in [6, 6.07) is 15.6. The zero-order chi connectivity index (χ0) is 16.2. The summed E-state index contributed by atoms with van der Waals surface area (Å²) in [5, 5.41) is 20.2. The molecule has 7 heteroatoms. The van der Waals surface area contributed by atoms with Gasteiger partial charge in [-0.1, -0.05) is 18.2 Å². The van der Waals surface area contributed by atoms with Crippen LogP contribution in [0.5, 0.6) is 5.75 Å². The lowest BCUT2D eigenvalue weighted by Crippen LogP contribution is -2.13. The molecule has 0 aliphatic carbocycles. The molecule has 24 heavy (non-hydrogen) atoms. The van der Waals surface area contributed by atoms with E-state index < -0.39 is 0 Å². The molecule has 120 valence electrons. The van der Waals surface area contributed by atoms with E-state index in [0.717, 1.165) is 28.6 Å². The summed E-state index contributed by atoms with van der Waals surface area (Å²) < 4.78 is 7.41. The molecule has 0 saturated carbocycles. The van der Waals surface area contributed by atoms with E-state index in [1.165, 1.54) is 0 Å². The fourth-order valence-corrected chi connectivity index (χ4v) is 2.95. The number of para-hydroxylation sites is 1. The molecule has 0 amide bonds. The standard InChI is InChI=1S/C17H15N5OS/c1-2-4-14(5-3-1)23-10-9-18-15-6-7-16-19-20-17(22(16)21-15)13-8-11-24-12-13/h1-8,11-12H,9-10H2,(H,18,21). The van der Waals surface area contributed by atoms with Crippen LogP contribution in [0.4, 0.5) is 5.82 Å². The number of fused-ring (bicyclic) bond motifs is 1. The molecule has 0 radical (unpaired) electrons. The van der Waals surface area contributed by atoms with Gasteiger partial charge in [0.15, 0.2) is 11.5 Å². The number of nitrogens with zero attached hydrogens (tertiary/aromatic N) is 4. The predicted octanol–water partition coefficient (Wildman–Crippen LogP) is 3.34. The monoisotopic (exact) mass is 337 g/mol. The summed E-state index contributed by atoms with van der Waals surface area (Å²) in [7, 11) is 0. The first-order valence-corrected chi connectivity index (χ1v) is 8.51. The summed E-state index contributed by atoms with van der Waals surface area (Å²) in [5.74, 6) is 2.37. The normalized spacial score (nSPS) is 10.8. The van der Waals surface area contributed by atoms with Crippen LogP contribution >= 0.6 is 11.3 Å². The Morgan fingerprint density at radius 3 is 2.79 bits per heavy atom. The zero-order valence-corrected chi connectivity index (χ0v) is 13.6. The number of hydrogen-bond donors (Lipinski definition) is 1. The lowest BCUT2D eigenvalue weighted by atomic mass is 10.3. The van der Waals surface area contributed by atoms with Gasteiger partial charge in [0.25, 0.3) is 0 Å². The van der Waals surface area contributed by atoms with Crippen molar-refractivity contribution in [3.05, 3.63) is 59.3 Å². The number of thiophene rings is 1. The first kappa shape index (κ1) is 14.6. The number of hydrogen-bond acceptors (Lipinski definition) is 6. The fourth-order valence-electron chi connectivity index (χ4n) is 2.32. The number of rotatable bonds is 6. The molecule has 0 saturated heterocycles. The maximum atomic E-state index is 5.66. The fraction of sp³-hybridized carbons (Fsp3) is 0.118. The van der Waals surface area contributed by atoms with Crippen LogP contribution in [0.15, 0.2) is 59.3 Å². The lowest BCUT2D eigenvalue weighted by molar-refractivity contribution is 0.332. The SMILES string of the molecule is c1ccc(OCCNc2ccc3nnc(-c4ccsc4)n3n2)cc1. The minimum atomic E-state index is 0.559. The van der Waals surface area contributed by atoms with Crippen LogP contribution < -0.4 is 10.1 Å². The van der Waals surface area contributed by atoms with Crippen LogP contribution in [0, 0.1) is 0 Å². The van der Waals surface area contributed by atoms with Crippen LogP contribution in [0.1, 0.15) is 0 Å². The molecule has 6 nitrogen and oxygen atoms in total. The van der Waals surface area contributed by atoms with Gasteiger partial charge in [0.2, 0.25) is 0 Å². The Bertz CT molecular complexity index is 921. The van der Waals surface area contributed by atoms with Crippen molar-refractivity contribution < 1.29 is 4.74 Å². The molecule has 4 aromatic rings. The number of aromatic nitrogens is 4. The molecule has 0 aliphatic rings.